The Bertz CT molecular complexity index is 479. The van der Waals surface area contributed by atoms with E-state index >= 15 is 0 Å². The average molecular weight is 282 g/mol. The van der Waals surface area contributed by atoms with Crippen molar-refractivity contribution in [2.45, 2.75) is 32.5 Å². The number of cyclic esters (lactones) is 1. The molecule has 1 aliphatic heterocycles. The van der Waals surface area contributed by atoms with Gasteiger partial charge in [0.25, 0.3) is 0 Å². The Morgan fingerprint density at radius 2 is 2.30 bits per heavy atom. The number of hydrogen-bond donors (Lipinski definition) is 2. The van der Waals surface area contributed by atoms with E-state index in [4.69, 9.17) is 9.47 Å². The van der Waals surface area contributed by atoms with E-state index in [1.165, 1.54) is 12.1 Å². The number of carbonyl (C=O) groups excluding carboxylic acids is 1. The van der Waals surface area contributed by atoms with E-state index in [-0.39, 0.29) is 18.5 Å². The van der Waals surface area contributed by atoms with Gasteiger partial charge in [-0.15, -0.1) is 0 Å². The molecule has 5 nitrogen and oxygen atoms in total. The summed E-state index contributed by atoms with van der Waals surface area (Å²) in [7, 11) is 0. The molecule has 0 bridgehead atoms. The third kappa shape index (κ3) is 4.38. The molecular formula is C14H19FN2O3. The lowest BCUT2D eigenvalue weighted by molar-refractivity contribution is 0.104. The largest absolute Gasteiger partial charge is 0.490 e. The van der Waals surface area contributed by atoms with Gasteiger partial charge in [-0.3, -0.25) is 0 Å². The van der Waals surface area contributed by atoms with Gasteiger partial charge in [-0.1, -0.05) is 13.8 Å². The van der Waals surface area contributed by atoms with Crippen molar-refractivity contribution in [1.29, 1.82) is 0 Å². The number of hydrogen-bond acceptors (Lipinski definition) is 4. The van der Waals surface area contributed by atoms with Gasteiger partial charge in [0.05, 0.1) is 6.54 Å². The van der Waals surface area contributed by atoms with Crippen molar-refractivity contribution in [1.82, 2.24) is 10.6 Å². The van der Waals surface area contributed by atoms with Gasteiger partial charge >= 0.3 is 6.09 Å². The topological polar surface area (TPSA) is 59.6 Å². The van der Waals surface area contributed by atoms with Crippen molar-refractivity contribution in [3.63, 3.8) is 0 Å². The first kappa shape index (κ1) is 14.6. The summed E-state index contributed by atoms with van der Waals surface area (Å²) in [6.07, 6.45) is -0.775. The van der Waals surface area contributed by atoms with Gasteiger partial charge in [0, 0.05) is 18.7 Å². The summed E-state index contributed by atoms with van der Waals surface area (Å²) in [4.78, 5) is 10.9. The van der Waals surface area contributed by atoms with E-state index in [0.29, 0.717) is 24.9 Å². The number of rotatable bonds is 6. The molecule has 1 aromatic carbocycles. The van der Waals surface area contributed by atoms with Gasteiger partial charge in [-0.2, -0.15) is 0 Å². The van der Waals surface area contributed by atoms with E-state index in [1.54, 1.807) is 6.07 Å². The first-order valence-corrected chi connectivity index (χ1v) is 6.63. The third-order valence-electron chi connectivity index (χ3n) is 2.83. The van der Waals surface area contributed by atoms with Crippen LogP contribution in [0.2, 0.25) is 0 Å². The van der Waals surface area contributed by atoms with Crippen LogP contribution in [0.5, 0.6) is 5.75 Å². The highest BCUT2D eigenvalue weighted by Crippen LogP contribution is 2.17. The Balaban J connectivity index is 1.91. The van der Waals surface area contributed by atoms with E-state index < -0.39 is 6.09 Å². The summed E-state index contributed by atoms with van der Waals surface area (Å²) in [5.41, 5.74) is 0.815. The Labute approximate surface area is 117 Å². The molecule has 1 atom stereocenters. The van der Waals surface area contributed by atoms with Crippen LogP contribution in [0.1, 0.15) is 19.4 Å². The molecule has 2 N–H and O–H groups in total. The van der Waals surface area contributed by atoms with Gasteiger partial charge in [0.1, 0.15) is 18.2 Å². The normalized spacial score (nSPS) is 18.0. The number of amides is 1. The van der Waals surface area contributed by atoms with Gasteiger partial charge in [-0.05, 0) is 17.7 Å². The Hall–Kier alpha value is -1.82. The minimum atomic E-state index is -0.445. The van der Waals surface area contributed by atoms with Crippen molar-refractivity contribution in [3.8, 4) is 5.75 Å². The molecule has 0 radical (unpaired) electrons. The molecule has 6 heteroatoms. The number of ether oxygens (including phenoxy) is 2. The minimum Gasteiger partial charge on any atom is -0.490 e. The van der Waals surface area contributed by atoms with Gasteiger partial charge in [-0.25, -0.2) is 9.18 Å². The predicted octanol–water partition coefficient (Wildman–Crippen LogP) is 1.81. The van der Waals surface area contributed by atoms with Crippen LogP contribution in [0.15, 0.2) is 18.2 Å². The number of benzene rings is 1. The lowest BCUT2D eigenvalue weighted by Crippen LogP contribution is -2.23. The predicted molar refractivity (Wildman–Crippen MR) is 72.1 cm³/mol. The number of nitrogens with one attached hydrogen (secondary N) is 2. The van der Waals surface area contributed by atoms with Gasteiger partial charge in [0.15, 0.2) is 6.10 Å². The van der Waals surface area contributed by atoms with Crippen LogP contribution in [0.4, 0.5) is 9.18 Å². The monoisotopic (exact) mass is 282 g/mol. The smallest absolute Gasteiger partial charge is 0.407 e. The minimum absolute atomic E-state index is 0.208. The summed E-state index contributed by atoms with van der Waals surface area (Å²) in [5, 5.41) is 5.75. The van der Waals surface area contributed by atoms with Crippen molar-refractivity contribution in [3.05, 3.63) is 29.6 Å². The summed E-state index contributed by atoms with van der Waals surface area (Å²) in [5.74, 6) is 0.0955. The van der Waals surface area contributed by atoms with Crippen molar-refractivity contribution in [2.75, 3.05) is 13.2 Å². The second kappa shape index (κ2) is 6.56. The number of carbonyl (C=O) groups is 1. The van der Waals surface area contributed by atoms with Crippen LogP contribution in [0.3, 0.4) is 0 Å². The molecule has 0 aromatic heterocycles. The molecule has 1 amide bonds. The van der Waals surface area contributed by atoms with Gasteiger partial charge < -0.3 is 20.1 Å². The fraction of sp³-hybridized carbons (Fsp3) is 0.500. The fourth-order valence-corrected chi connectivity index (χ4v) is 1.84. The lowest BCUT2D eigenvalue weighted by Gasteiger charge is -2.13. The number of halogens is 1. The summed E-state index contributed by atoms with van der Waals surface area (Å²) in [6.45, 7) is 5.25. The summed E-state index contributed by atoms with van der Waals surface area (Å²) < 4.78 is 23.9. The molecule has 0 saturated carbocycles. The van der Waals surface area contributed by atoms with Crippen molar-refractivity contribution < 1.29 is 18.7 Å². The second-order valence-corrected chi connectivity index (χ2v) is 5.05. The Morgan fingerprint density at radius 1 is 1.50 bits per heavy atom. The molecule has 1 heterocycles. The quantitative estimate of drug-likeness (QED) is 0.835. The van der Waals surface area contributed by atoms with Crippen molar-refractivity contribution in [2.24, 2.45) is 0 Å². The van der Waals surface area contributed by atoms with Crippen LogP contribution in [-0.2, 0) is 11.3 Å². The molecule has 110 valence electrons. The van der Waals surface area contributed by atoms with Crippen LogP contribution in [0, 0.1) is 5.82 Å². The SMILES string of the molecule is CC(C)NCc1cc(F)cc(OCC2CNC(=O)O2)c1. The Morgan fingerprint density at radius 3 is 2.95 bits per heavy atom. The van der Waals surface area contributed by atoms with E-state index in [2.05, 4.69) is 10.6 Å². The Kier molecular flexibility index (Phi) is 4.79. The molecular weight excluding hydrogens is 263 g/mol. The first-order chi connectivity index (χ1) is 9.52. The molecule has 1 aliphatic rings. The van der Waals surface area contributed by atoms with E-state index in [1.807, 2.05) is 13.8 Å². The zero-order valence-corrected chi connectivity index (χ0v) is 11.6. The molecule has 1 aromatic rings. The fourth-order valence-electron chi connectivity index (χ4n) is 1.84. The van der Waals surface area contributed by atoms with E-state index in [0.717, 1.165) is 5.56 Å². The maximum absolute atomic E-state index is 13.5. The zero-order chi connectivity index (χ0) is 14.5. The summed E-state index contributed by atoms with van der Waals surface area (Å²) >= 11 is 0. The second-order valence-electron chi connectivity index (χ2n) is 5.05. The van der Waals surface area contributed by atoms with Crippen LogP contribution < -0.4 is 15.4 Å². The maximum atomic E-state index is 13.5. The molecule has 0 aliphatic carbocycles. The van der Waals surface area contributed by atoms with Crippen LogP contribution in [0.25, 0.3) is 0 Å². The van der Waals surface area contributed by atoms with E-state index in [9.17, 15) is 9.18 Å². The standard InChI is InChI=1S/C14H19FN2O3/c1-9(2)16-6-10-3-11(15)5-12(4-10)19-8-13-7-17-14(18)20-13/h3-5,9,13,16H,6-8H2,1-2H3,(H,17,18). The number of alkyl carbamates (subject to hydrolysis) is 1. The average Bonchev–Trinajstić information content (AvgIpc) is 2.79. The van der Waals surface area contributed by atoms with Crippen LogP contribution in [-0.4, -0.2) is 31.4 Å². The van der Waals surface area contributed by atoms with Gasteiger partial charge in [0.2, 0.25) is 0 Å². The molecule has 2 rings (SSSR count). The highest BCUT2D eigenvalue weighted by atomic mass is 19.1. The summed E-state index contributed by atoms with van der Waals surface area (Å²) in [6, 6.07) is 4.90. The highest BCUT2D eigenvalue weighted by Gasteiger charge is 2.22. The zero-order valence-electron chi connectivity index (χ0n) is 11.6. The third-order valence-corrected chi connectivity index (χ3v) is 2.83. The lowest BCUT2D eigenvalue weighted by atomic mass is 10.2. The molecule has 1 unspecified atom stereocenters. The maximum Gasteiger partial charge on any atom is 0.407 e. The molecule has 20 heavy (non-hydrogen) atoms. The first-order valence-electron chi connectivity index (χ1n) is 6.63. The molecule has 0 spiro atoms. The highest BCUT2D eigenvalue weighted by molar-refractivity contribution is 5.69. The molecule has 1 fully saturated rings. The van der Waals surface area contributed by atoms with Crippen molar-refractivity contribution >= 4 is 6.09 Å². The van der Waals surface area contributed by atoms with Crippen LogP contribution >= 0.6 is 0 Å². The molecule has 1 saturated heterocycles.